The van der Waals surface area contributed by atoms with Crippen molar-refractivity contribution in [3.05, 3.63) is 47.0 Å². The molecule has 1 aromatic heterocycles. The van der Waals surface area contributed by atoms with Gasteiger partial charge in [0.15, 0.2) is 11.8 Å². The molecule has 0 radical (unpaired) electrons. The summed E-state index contributed by atoms with van der Waals surface area (Å²) in [5.74, 6) is 2.81. The molecule has 0 spiro atoms. The number of fused-ring (bicyclic) bond motifs is 1. The molecule has 0 amide bonds. The lowest BCUT2D eigenvalue weighted by molar-refractivity contribution is 0.392. The molecule has 7 nitrogen and oxygen atoms in total. The summed E-state index contributed by atoms with van der Waals surface area (Å²) in [6, 6.07) is 9.95. The number of nitrogens with one attached hydrogen (secondary N) is 2. The van der Waals surface area contributed by atoms with E-state index in [9.17, 15) is 0 Å². The number of aromatic nitrogens is 3. The van der Waals surface area contributed by atoms with E-state index in [0.29, 0.717) is 12.1 Å². The minimum atomic E-state index is 0. The van der Waals surface area contributed by atoms with Gasteiger partial charge in [-0.3, -0.25) is 0 Å². The Bertz CT molecular complexity index is 804. The fourth-order valence-electron chi connectivity index (χ4n) is 3.00. The van der Waals surface area contributed by atoms with Gasteiger partial charge in [0.05, 0.1) is 24.7 Å². The van der Waals surface area contributed by atoms with Crippen LogP contribution >= 0.6 is 24.0 Å². The highest BCUT2D eigenvalue weighted by Crippen LogP contribution is 2.13. The standard InChI is InChI=1S/C19H25N7.HI/c1-3-17-24-18-10-9-16(13-26(18)25-17)23-19(21-4-2)22-12-15-7-5-14(11-20)6-8-15;/h5-8,16H,3-4,9-10,12-13H2,1-2H3,(H2,21,22,23);1H. The molecule has 8 heteroatoms. The first-order chi connectivity index (χ1) is 12.7. The number of hydrogen-bond donors (Lipinski definition) is 2. The minimum absolute atomic E-state index is 0. The smallest absolute Gasteiger partial charge is 0.191 e. The summed E-state index contributed by atoms with van der Waals surface area (Å²) in [6.45, 7) is 6.32. The lowest BCUT2D eigenvalue weighted by Crippen LogP contribution is -2.47. The summed E-state index contributed by atoms with van der Waals surface area (Å²) in [5.41, 5.74) is 1.75. The summed E-state index contributed by atoms with van der Waals surface area (Å²) >= 11 is 0. The Kier molecular flexibility index (Phi) is 8.03. The van der Waals surface area contributed by atoms with Gasteiger partial charge >= 0.3 is 0 Å². The SMILES string of the molecule is CCNC(=NCc1ccc(C#N)cc1)NC1CCc2nc(CC)nn2C1.I. The summed E-state index contributed by atoms with van der Waals surface area (Å²) in [4.78, 5) is 9.24. The fraction of sp³-hybridized carbons (Fsp3) is 0.474. The van der Waals surface area contributed by atoms with Gasteiger partial charge in [-0.15, -0.1) is 24.0 Å². The van der Waals surface area contributed by atoms with Crippen LogP contribution in [0.4, 0.5) is 0 Å². The van der Waals surface area contributed by atoms with Crippen LogP contribution in [-0.2, 0) is 25.9 Å². The zero-order valence-corrected chi connectivity index (χ0v) is 18.1. The Labute approximate surface area is 177 Å². The van der Waals surface area contributed by atoms with Crippen molar-refractivity contribution in [2.45, 2.75) is 52.2 Å². The van der Waals surface area contributed by atoms with Gasteiger partial charge < -0.3 is 10.6 Å². The summed E-state index contributed by atoms with van der Waals surface area (Å²) in [6.07, 6.45) is 2.82. The van der Waals surface area contributed by atoms with Gasteiger partial charge in [-0.25, -0.2) is 14.7 Å². The van der Waals surface area contributed by atoms with Crippen LogP contribution in [0.1, 0.15) is 43.0 Å². The quantitative estimate of drug-likeness (QED) is 0.391. The molecule has 0 aliphatic carbocycles. The number of guanidine groups is 1. The Morgan fingerprint density at radius 3 is 2.78 bits per heavy atom. The lowest BCUT2D eigenvalue weighted by atomic mass is 10.1. The second-order valence-electron chi connectivity index (χ2n) is 6.36. The molecule has 144 valence electrons. The maximum absolute atomic E-state index is 8.88. The van der Waals surface area contributed by atoms with E-state index in [4.69, 9.17) is 5.26 Å². The van der Waals surface area contributed by atoms with Gasteiger partial charge in [0.25, 0.3) is 0 Å². The van der Waals surface area contributed by atoms with E-state index in [1.54, 1.807) is 0 Å². The number of halogens is 1. The molecule has 3 rings (SSSR count). The third-order valence-corrected chi connectivity index (χ3v) is 4.41. The third-order valence-electron chi connectivity index (χ3n) is 4.41. The molecular formula is C19H26IN7. The van der Waals surface area contributed by atoms with E-state index in [1.165, 1.54) is 0 Å². The molecule has 0 saturated carbocycles. The van der Waals surface area contributed by atoms with Gasteiger partial charge in [-0.05, 0) is 31.0 Å². The maximum Gasteiger partial charge on any atom is 0.191 e. The lowest BCUT2D eigenvalue weighted by Gasteiger charge is -2.25. The number of aliphatic imine (C=N–C) groups is 1. The van der Waals surface area contributed by atoms with Crippen molar-refractivity contribution in [2.24, 2.45) is 4.99 Å². The van der Waals surface area contributed by atoms with Gasteiger partial charge in [0.1, 0.15) is 5.82 Å². The van der Waals surface area contributed by atoms with Crippen LogP contribution in [0.15, 0.2) is 29.3 Å². The zero-order chi connectivity index (χ0) is 18.4. The molecule has 2 aromatic rings. The van der Waals surface area contributed by atoms with Crippen molar-refractivity contribution in [3.63, 3.8) is 0 Å². The maximum atomic E-state index is 8.88. The first-order valence-corrected chi connectivity index (χ1v) is 9.18. The highest BCUT2D eigenvalue weighted by Gasteiger charge is 2.22. The molecule has 27 heavy (non-hydrogen) atoms. The van der Waals surface area contributed by atoms with Gasteiger partial charge in [0, 0.05) is 25.4 Å². The van der Waals surface area contributed by atoms with Crippen LogP contribution in [-0.4, -0.2) is 33.3 Å². The Balaban J connectivity index is 0.00000261. The van der Waals surface area contributed by atoms with Crippen molar-refractivity contribution in [1.29, 1.82) is 5.26 Å². The molecule has 2 N–H and O–H groups in total. The van der Waals surface area contributed by atoms with Crippen molar-refractivity contribution < 1.29 is 0 Å². The summed E-state index contributed by atoms with van der Waals surface area (Å²) in [7, 11) is 0. The molecule has 1 aromatic carbocycles. The van der Waals surface area contributed by atoms with Crippen LogP contribution in [0, 0.1) is 11.3 Å². The highest BCUT2D eigenvalue weighted by molar-refractivity contribution is 14.0. The summed E-state index contributed by atoms with van der Waals surface area (Å²) < 4.78 is 2.02. The van der Waals surface area contributed by atoms with E-state index in [0.717, 1.165) is 55.5 Å². The van der Waals surface area contributed by atoms with E-state index >= 15 is 0 Å². The number of rotatable bonds is 5. The summed E-state index contributed by atoms with van der Waals surface area (Å²) in [5, 5.41) is 20.3. The van der Waals surface area contributed by atoms with Crippen LogP contribution in [0.25, 0.3) is 0 Å². The van der Waals surface area contributed by atoms with Crippen molar-refractivity contribution >= 4 is 29.9 Å². The molecular weight excluding hydrogens is 453 g/mol. The van der Waals surface area contributed by atoms with E-state index in [-0.39, 0.29) is 30.0 Å². The normalized spacial score (nSPS) is 16.0. The van der Waals surface area contributed by atoms with Crippen molar-refractivity contribution in [1.82, 2.24) is 25.4 Å². The second-order valence-corrected chi connectivity index (χ2v) is 6.36. The average molecular weight is 479 g/mol. The Hall–Kier alpha value is -2.15. The van der Waals surface area contributed by atoms with Crippen LogP contribution in [0.5, 0.6) is 0 Å². The first-order valence-electron chi connectivity index (χ1n) is 9.18. The molecule has 1 aliphatic rings. The number of aryl methyl sites for hydroxylation is 2. The monoisotopic (exact) mass is 479 g/mol. The number of nitriles is 1. The van der Waals surface area contributed by atoms with E-state index in [1.807, 2.05) is 28.9 Å². The van der Waals surface area contributed by atoms with Crippen LogP contribution in [0.3, 0.4) is 0 Å². The molecule has 1 atom stereocenters. The molecule has 1 unspecified atom stereocenters. The van der Waals surface area contributed by atoms with E-state index in [2.05, 4.69) is 45.6 Å². The predicted octanol–water partition coefficient (Wildman–Crippen LogP) is 2.40. The number of benzene rings is 1. The predicted molar refractivity (Wildman–Crippen MR) is 116 cm³/mol. The first kappa shape index (κ1) is 21.2. The Morgan fingerprint density at radius 2 is 2.11 bits per heavy atom. The molecule has 2 heterocycles. The molecule has 0 fully saturated rings. The largest absolute Gasteiger partial charge is 0.357 e. The topological polar surface area (TPSA) is 90.9 Å². The zero-order valence-electron chi connectivity index (χ0n) is 15.8. The molecule has 0 bridgehead atoms. The van der Waals surface area contributed by atoms with Gasteiger partial charge in [-0.2, -0.15) is 10.4 Å². The van der Waals surface area contributed by atoms with Crippen LogP contribution in [0.2, 0.25) is 0 Å². The fourth-order valence-corrected chi connectivity index (χ4v) is 3.00. The van der Waals surface area contributed by atoms with E-state index < -0.39 is 0 Å². The van der Waals surface area contributed by atoms with Crippen LogP contribution < -0.4 is 10.6 Å². The molecule has 1 aliphatic heterocycles. The number of hydrogen-bond acceptors (Lipinski definition) is 4. The van der Waals surface area contributed by atoms with Crippen molar-refractivity contribution in [3.8, 4) is 6.07 Å². The minimum Gasteiger partial charge on any atom is -0.357 e. The Morgan fingerprint density at radius 1 is 1.33 bits per heavy atom. The number of nitrogens with zero attached hydrogens (tertiary/aromatic N) is 5. The molecule has 0 saturated heterocycles. The van der Waals surface area contributed by atoms with Gasteiger partial charge in [0.2, 0.25) is 0 Å². The van der Waals surface area contributed by atoms with Gasteiger partial charge in [-0.1, -0.05) is 19.1 Å². The highest BCUT2D eigenvalue weighted by atomic mass is 127. The average Bonchev–Trinajstić information content (AvgIpc) is 3.09. The third kappa shape index (κ3) is 5.66. The second kappa shape index (κ2) is 10.3. The van der Waals surface area contributed by atoms with Crippen molar-refractivity contribution in [2.75, 3.05) is 6.54 Å².